The molecule has 2 heterocycles. The van der Waals surface area contributed by atoms with E-state index in [1.54, 1.807) is 24.5 Å². The van der Waals surface area contributed by atoms with E-state index in [2.05, 4.69) is 10.1 Å². The molecular formula is C19H17N5O4. The van der Waals surface area contributed by atoms with Crippen molar-refractivity contribution in [3.8, 4) is 16.9 Å². The van der Waals surface area contributed by atoms with Crippen LogP contribution in [0.4, 0.5) is 4.79 Å². The molecular weight excluding hydrogens is 362 g/mol. The Bertz CT molecular complexity index is 1000. The Labute approximate surface area is 160 Å². The second-order valence-corrected chi connectivity index (χ2v) is 5.81. The lowest BCUT2D eigenvalue weighted by Crippen LogP contribution is -2.42. The van der Waals surface area contributed by atoms with Crippen molar-refractivity contribution in [2.75, 3.05) is 0 Å². The van der Waals surface area contributed by atoms with Gasteiger partial charge in [-0.15, -0.1) is 0 Å². The van der Waals surface area contributed by atoms with Gasteiger partial charge in [0.2, 0.25) is 0 Å². The molecule has 3 N–H and O–H groups in total. The Hall–Kier alpha value is -4.01. The number of hydrogen-bond donors (Lipinski definition) is 2. The van der Waals surface area contributed by atoms with Crippen molar-refractivity contribution in [3.05, 3.63) is 66.6 Å². The number of nitrogens with zero attached hydrogens (tertiary/aromatic N) is 3. The molecule has 0 aliphatic rings. The van der Waals surface area contributed by atoms with Gasteiger partial charge in [-0.2, -0.15) is 5.10 Å². The van der Waals surface area contributed by atoms with Crippen LogP contribution in [0.3, 0.4) is 0 Å². The van der Waals surface area contributed by atoms with Gasteiger partial charge in [-0.05, 0) is 31.2 Å². The van der Waals surface area contributed by atoms with Crippen LogP contribution in [-0.2, 0) is 9.53 Å². The van der Waals surface area contributed by atoms with Gasteiger partial charge in [0.25, 0.3) is 5.91 Å². The molecule has 28 heavy (non-hydrogen) atoms. The van der Waals surface area contributed by atoms with Crippen molar-refractivity contribution < 1.29 is 19.1 Å². The second-order valence-electron chi connectivity index (χ2n) is 5.81. The van der Waals surface area contributed by atoms with Gasteiger partial charge < -0.3 is 10.5 Å². The van der Waals surface area contributed by atoms with E-state index in [-0.39, 0.29) is 5.56 Å². The lowest BCUT2D eigenvalue weighted by Gasteiger charge is -2.11. The van der Waals surface area contributed by atoms with E-state index in [1.807, 2.05) is 35.6 Å². The number of hydrogen-bond acceptors (Lipinski definition) is 6. The number of aromatic nitrogens is 3. The zero-order valence-corrected chi connectivity index (χ0v) is 14.9. The minimum absolute atomic E-state index is 0.149. The first kappa shape index (κ1) is 18.8. The monoisotopic (exact) mass is 379 g/mol. The van der Waals surface area contributed by atoms with Gasteiger partial charge in [0.15, 0.2) is 6.10 Å². The number of benzene rings is 1. The van der Waals surface area contributed by atoms with Crippen LogP contribution >= 0.6 is 0 Å². The molecule has 0 aliphatic carbocycles. The number of para-hydroxylation sites is 1. The van der Waals surface area contributed by atoms with Gasteiger partial charge in [0, 0.05) is 24.2 Å². The predicted octanol–water partition coefficient (Wildman–Crippen LogP) is 1.67. The lowest BCUT2D eigenvalue weighted by atomic mass is 10.1. The van der Waals surface area contributed by atoms with E-state index < -0.39 is 24.0 Å². The van der Waals surface area contributed by atoms with E-state index >= 15 is 0 Å². The average Bonchev–Trinajstić information content (AvgIpc) is 3.14. The summed E-state index contributed by atoms with van der Waals surface area (Å²) in [7, 11) is 0. The number of nitrogens with two attached hydrogens (primary N) is 1. The normalized spacial score (nSPS) is 11.5. The molecule has 0 bridgehead atoms. The van der Waals surface area contributed by atoms with Crippen LogP contribution in [0.5, 0.6) is 0 Å². The number of ether oxygens (including phenoxy) is 1. The molecule has 3 rings (SSSR count). The molecule has 9 nitrogen and oxygen atoms in total. The zero-order chi connectivity index (χ0) is 20.1. The molecule has 0 spiro atoms. The SMILES string of the molecule is C[C@H](OC(=O)c1cn(-c2ccccc2)nc1-c1cccnc1)C(=O)NC(N)=O. The highest BCUT2D eigenvalue weighted by atomic mass is 16.5. The fraction of sp³-hybridized carbons (Fsp3) is 0.105. The summed E-state index contributed by atoms with van der Waals surface area (Å²) in [5.74, 6) is -1.59. The summed E-state index contributed by atoms with van der Waals surface area (Å²) >= 11 is 0. The van der Waals surface area contributed by atoms with Crippen molar-refractivity contribution in [2.45, 2.75) is 13.0 Å². The van der Waals surface area contributed by atoms with Gasteiger partial charge in [-0.3, -0.25) is 15.1 Å². The molecule has 142 valence electrons. The van der Waals surface area contributed by atoms with Crippen LogP contribution in [0.1, 0.15) is 17.3 Å². The first-order valence-corrected chi connectivity index (χ1v) is 8.32. The number of amides is 3. The molecule has 3 aromatic rings. The van der Waals surface area contributed by atoms with E-state index in [0.29, 0.717) is 11.3 Å². The van der Waals surface area contributed by atoms with Gasteiger partial charge >= 0.3 is 12.0 Å². The molecule has 2 aromatic heterocycles. The van der Waals surface area contributed by atoms with E-state index in [4.69, 9.17) is 10.5 Å². The first-order chi connectivity index (χ1) is 13.5. The van der Waals surface area contributed by atoms with E-state index in [0.717, 1.165) is 5.69 Å². The summed E-state index contributed by atoms with van der Waals surface area (Å²) in [6.45, 7) is 1.33. The molecule has 0 radical (unpaired) electrons. The van der Waals surface area contributed by atoms with E-state index in [9.17, 15) is 14.4 Å². The largest absolute Gasteiger partial charge is 0.449 e. The van der Waals surface area contributed by atoms with Gasteiger partial charge in [0.1, 0.15) is 11.3 Å². The maximum atomic E-state index is 12.7. The van der Waals surface area contributed by atoms with Gasteiger partial charge in [-0.25, -0.2) is 14.3 Å². The first-order valence-electron chi connectivity index (χ1n) is 8.32. The third kappa shape index (κ3) is 4.21. The lowest BCUT2D eigenvalue weighted by molar-refractivity contribution is -0.127. The van der Waals surface area contributed by atoms with Crippen molar-refractivity contribution in [1.29, 1.82) is 0 Å². The molecule has 1 aromatic carbocycles. The fourth-order valence-electron chi connectivity index (χ4n) is 2.45. The smallest absolute Gasteiger partial charge is 0.342 e. The number of urea groups is 1. The molecule has 1 atom stereocenters. The Morgan fingerprint density at radius 2 is 1.89 bits per heavy atom. The summed E-state index contributed by atoms with van der Waals surface area (Å²) < 4.78 is 6.71. The highest BCUT2D eigenvalue weighted by Gasteiger charge is 2.25. The Morgan fingerprint density at radius 3 is 2.54 bits per heavy atom. The van der Waals surface area contributed by atoms with Crippen LogP contribution in [-0.4, -0.2) is 38.8 Å². The molecule has 3 amide bonds. The summed E-state index contributed by atoms with van der Waals surface area (Å²) in [6, 6.07) is 11.7. The number of imide groups is 1. The summed E-state index contributed by atoms with van der Waals surface area (Å²) in [5, 5.41) is 6.34. The summed E-state index contributed by atoms with van der Waals surface area (Å²) in [5.41, 5.74) is 6.76. The molecule has 0 saturated heterocycles. The number of esters is 1. The van der Waals surface area contributed by atoms with Crippen molar-refractivity contribution in [1.82, 2.24) is 20.1 Å². The molecule has 9 heteroatoms. The number of primary amides is 1. The Kier molecular flexibility index (Phi) is 5.45. The maximum Gasteiger partial charge on any atom is 0.342 e. The van der Waals surface area contributed by atoms with Crippen molar-refractivity contribution >= 4 is 17.9 Å². The molecule has 0 fully saturated rings. The fourth-order valence-corrected chi connectivity index (χ4v) is 2.45. The van der Waals surface area contributed by atoms with Crippen LogP contribution in [0.2, 0.25) is 0 Å². The number of carbonyl (C=O) groups is 3. The summed E-state index contributed by atoms with van der Waals surface area (Å²) in [4.78, 5) is 39.3. The van der Waals surface area contributed by atoms with E-state index in [1.165, 1.54) is 17.8 Å². The average molecular weight is 379 g/mol. The van der Waals surface area contributed by atoms with Crippen LogP contribution in [0.25, 0.3) is 16.9 Å². The number of nitrogens with one attached hydrogen (secondary N) is 1. The minimum Gasteiger partial charge on any atom is -0.449 e. The number of carbonyl (C=O) groups excluding carboxylic acids is 3. The van der Waals surface area contributed by atoms with Gasteiger partial charge in [-0.1, -0.05) is 18.2 Å². The Morgan fingerprint density at radius 1 is 1.14 bits per heavy atom. The second kappa shape index (κ2) is 8.12. The highest BCUT2D eigenvalue weighted by molar-refractivity contribution is 6.00. The predicted molar refractivity (Wildman–Crippen MR) is 99.4 cm³/mol. The summed E-state index contributed by atoms with van der Waals surface area (Å²) in [6.07, 6.45) is 3.46. The standard InChI is InChI=1S/C19H17N5O4/c1-12(17(25)22-19(20)27)28-18(26)15-11-24(14-7-3-2-4-8-14)23-16(15)13-6-5-9-21-10-13/h2-12H,1H3,(H3,20,22,25,27)/t12-/m0/s1. The quantitative estimate of drug-likeness (QED) is 0.649. The molecule has 0 aliphatic heterocycles. The number of rotatable bonds is 5. The van der Waals surface area contributed by atoms with Crippen molar-refractivity contribution in [3.63, 3.8) is 0 Å². The highest BCUT2D eigenvalue weighted by Crippen LogP contribution is 2.24. The van der Waals surface area contributed by atoms with Crippen LogP contribution < -0.4 is 11.1 Å². The zero-order valence-electron chi connectivity index (χ0n) is 14.9. The van der Waals surface area contributed by atoms with Crippen LogP contribution in [0.15, 0.2) is 61.1 Å². The van der Waals surface area contributed by atoms with Crippen molar-refractivity contribution in [2.24, 2.45) is 5.73 Å². The van der Waals surface area contributed by atoms with Gasteiger partial charge in [0.05, 0.1) is 5.69 Å². The minimum atomic E-state index is -1.22. The molecule has 0 saturated carbocycles. The third-order valence-corrected chi connectivity index (χ3v) is 3.79. The van der Waals surface area contributed by atoms with Crippen LogP contribution in [0, 0.1) is 0 Å². The number of pyridine rings is 1. The molecule has 0 unspecified atom stereocenters. The maximum absolute atomic E-state index is 12.7. The third-order valence-electron chi connectivity index (χ3n) is 3.79. The Balaban J connectivity index is 1.94. The topological polar surface area (TPSA) is 129 Å².